The normalized spacial score (nSPS) is 9.30. The van der Waals surface area contributed by atoms with Crippen LogP contribution in [0.15, 0.2) is 11.4 Å². The fourth-order valence-corrected chi connectivity index (χ4v) is 1.34. The van der Waals surface area contributed by atoms with E-state index < -0.39 is 5.24 Å². The van der Waals surface area contributed by atoms with E-state index in [1.54, 1.807) is 5.18 Å². The van der Waals surface area contributed by atoms with Crippen LogP contribution in [0, 0.1) is 4.91 Å². The largest absolute Gasteiger partial charge is 0.309 e. The Kier molecular flexibility index (Phi) is 2.13. The molecule has 0 bridgehead atoms. The third kappa shape index (κ3) is 1.40. The first kappa shape index (κ1) is 7.37. The van der Waals surface area contributed by atoms with Crippen LogP contribution in [0.2, 0.25) is 0 Å². The SMILES string of the molecule is O=[NH+]c1cc(C(=O)Cl)cs1. The van der Waals surface area contributed by atoms with Crippen molar-refractivity contribution in [1.82, 2.24) is 0 Å². The predicted octanol–water partition coefficient (Wildman–Crippen LogP) is 0.606. The highest BCUT2D eigenvalue weighted by molar-refractivity contribution is 7.13. The molecule has 0 aliphatic rings. The topological polar surface area (TPSA) is 48.1 Å². The molecule has 0 saturated heterocycles. The Labute approximate surface area is 65.6 Å². The third-order valence-corrected chi connectivity index (χ3v) is 1.97. The number of hydrogen-bond acceptors (Lipinski definition) is 3. The van der Waals surface area contributed by atoms with Gasteiger partial charge >= 0.3 is 5.00 Å². The highest BCUT2D eigenvalue weighted by atomic mass is 35.5. The summed E-state index contributed by atoms with van der Waals surface area (Å²) in [5, 5.41) is 3.03. The van der Waals surface area contributed by atoms with Gasteiger partial charge in [-0.2, -0.15) is 0 Å². The molecular formula is C5H3ClNO2S+. The van der Waals surface area contributed by atoms with Crippen molar-refractivity contribution in [2.45, 2.75) is 0 Å². The summed E-state index contributed by atoms with van der Waals surface area (Å²) in [6.07, 6.45) is 0. The average molecular weight is 177 g/mol. The molecule has 52 valence electrons. The van der Waals surface area contributed by atoms with E-state index in [0.29, 0.717) is 10.6 Å². The molecule has 3 nitrogen and oxygen atoms in total. The smallest absolute Gasteiger partial charge is 0.276 e. The molecule has 0 atom stereocenters. The molecule has 0 aliphatic heterocycles. The second-order valence-electron chi connectivity index (χ2n) is 1.58. The third-order valence-electron chi connectivity index (χ3n) is 0.927. The summed E-state index contributed by atoms with van der Waals surface area (Å²) in [6, 6.07) is 1.41. The Morgan fingerprint density at radius 3 is 2.70 bits per heavy atom. The van der Waals surface area contributed by atoms with Crippen molar-refractivity contribution in [1.29, 1.82) is 0 Å². The molecule has 1 aromatic heterocycles. The standard InChI is InChI=1S/C5H2ClNO2S/c6-5(8)3-1-4(7-9)10-2-3/h1-2H/p+1. The molecule has 10 heavy (non-hydrogen) atoms. The van der Waals surface area contributed by atoms with Crippen LogP contribution < -0.4 is 5.18 Å². The van der Waals surface area contributed by atoms with Crippen molar-refractivity contribution in [3.63, 3.8) is 0 Å². The number of nitroso groups, excluding NO2 is 1. The zero-order valence-electron chi connectivity index (χ0n) is 4.76. The maximum absolute atomic E-state index is 10.4. The van der Waals surface area contributed by atoms with Gasteiger partial charge in [0.15, 0.2) is 0 Å². The van der Waals surface area contributed by atoms with Gasteiger partial charge in [-0.25, -0.2) is 0 Å². The highest BCUT2D eigenvalue weighted by Gasteiger charge is 2.08. The summed E-state index contributed by atoms with van der Waals surface area (Å²) in [4.78, 5) is 20.4. The van der Waals surface area contributed by atoms with Gasteiger partial charge in [0.25, 0.3) is 5.24 Å². The Hall–Kier alpha value is -0.740. The van der Waals surface area contributed by atoms with E-state index in [4.69, 9.17) is 11.6 Å². The van der Waals surface area contributed by atoms with Crippen LogP contribution >= 0.6 is 22.9 Å². The lowest BCUT2D eigenvalue weighted by Crippen LogP contribution is -2.54. The maximum atomic E-state index is 10.4. The molecule has 0 fully saturated rings. The van der Waals surface area contributed by atoms with Gasteiger partial charge in [0, 0.05) is 21.5 Å². The van der Waals surface area contributed by atoms with Gasteiger partial charge in [0.1, 0.15) is 0 Å². The van der Waals surface area contributed by atoms with Crippen molar-refractivity contribution in [2.75, 3.05) is 0 Å². The van der Waals surface area contributed by atoms with Gasteiger partial charge in [0.05, 0.1) is 5.56 Å². The lowest BCUT2D eigenvalue weighted by Gasteiger charge is -1.76. The molecule has 1 rings (SSSR count). The molecule has 0 spiro atoms. The number of carbonyl (C=O) groups excluding carboxylic acids is 1. The summed E-state index contributed by atoms with van der Waals surface area (Å²) < 4.78 is 0. The van der Waals surface area contributed by atoms with Gasteiger partial charge in [0.2, 0.25) is 0 Å². The lowest BCUT2D eigenvalue weighted by molar-refractivity contribution is -0.374. The zero-order chi connectivity index (χ0) is 7.56. The van der Waals surface area contributed by atoms with Crippen LogP contribution in [-0.4, -0.2) is 5.24 Å². The average Bonchev–Trinajstić information content (AvgIpc) is 2.34. The second-order valence-corrected chi connectivity index (χ2v) is 2.83. The molecular weight excluding hydrogens is 174 g/mol. The first-order chi connectivity index (χ1) is 4.74. The van der Waals surface area contributed by atoms with Crippen LogP contribution in [0.3, 0.4) is 0 Å². The van der Waals surface area contributed by atoms with Gasteiger partial charge in [-0.3, -0.25) is 4.79 Å². The summed E-state index contributed by atoms with van der Waals surface area (Å²) in [6.45, 7) is 0. The van der Waals surface area contributed by atoms with E-state index in [-0.39, 0.29) is 0 Å². The van der Waals surface area contributed by atoms with Gasteiger partial charge in [-0.05, 0) is 11.6 Å². The lowest BCUT2D eigenvalue weighted by atomic mass is 10.4. The number of halogens is 1. The van der Waals surface area contributed by atoms with Gasteiger partial charge < -0.3 is 0 Å². The van der Waals surface area contributed by atoms with E-state index in [2.05, 4.69) is 0 Å². The zero-order valence-corrected chi connectivity index (χ0v) is 6.33. The van der Waals surface area contributed by atoms with Gasteiger partial charge in [-0.1, -0.05) is 11.3 Å². The minimum Gasteiger partial charge on any atom is -0.276 e. The van der Waals surface area contributed by atoms with E-state index in [0.717, 1.165) is 11.3 Å². The summed E-state index contributed by atoms with van der Waals surface area (Å²) >= 11 is 6.26. The van der Waals surface area contributed by atoms with Crippen LogP contribution in [0.1, 0.15) is 10.4 Å². The van der Waals surface area contributed by atoms with Crippen molar-refractivity contribution in [3.05, 3.63) is 21.9 Å². The van der Waals surface area contributed by atoms with Gasteiger partial charge in [-0.15, -0.1) is 0 Å². The Morgan fingerprint density at radius 1 is 1.70 bits per heavy atom. The number of rotatable bonds is 2. The first-order valence-corrected chi connectivity index (χ1v) is 3.66. The minimum atomic E-state index is -0.544. The molecule has 1 heterocycles. The number of thiophene rings is 1. The van der Waals surface area contributed by atoms with E-state index >= 15 is 0 Å². The number of nitrogens with one attached hydrogen (secondary N) is 1. The summed E-state index contributed by atoms with van der Waals surface area (Å²) in [5.41, 5.74) is 0.352. The molecule has 0 unspecified atom stereocenters. The first-order valence-electron chi connectivity index (χ1n) is 2.40. The molecule has 1 N–H and O–H groups in total. The van der Waals surface area contributed by atoms with E-state index in [9.17, 15) is 9.70 Å². The molecule has 0 amide bonds. The Balaban J connectivity index is 2.98. The summed E-state index contributed by atoms with van der Waals surface area (Å²) in [5.74, 6) is 0. The van der Waals surface area contributed by atoms with Crippen molar-refractivity contribution in [3.8, 4) is 0 Å². The van der Waals surface area contributed by atoms with E-state index in [1.165, 1.54) is 11.4 Å². The molecule has 5 heteroatoms. The number of carbonyl (C=O) groups is 1. The second kappa shape index (κ2) is 2.90. The Morgan fingerprint density at radius 2 is 2.40 bits per heavy atom. The monoisotopic (exact) mass is 176 g/mol. The number of hydrogen-bond donors (Lipinski definition) is 1. The van der Waals surface area contributed by atoms with Crippen LogP contribution in [-0.2, 0) is 0 Å². The van der Waals surface area contributed by atoms with Crippen LogP contribution in [0.25, 0.3) is 0 Å². The van der Waals surface area contributed by atoms with E-state index in [1.807, 2.05) is 0 Å². The predicted molar refractivity (Wildman–Crippen MR) is 38.5 cm³/mol. The van der Waals surface area contributed by atoms with Crippen LogP contribution in [0.5, 0.6) is 0 Å². The highest BCUT2D eigenvalue weighted by Crippen LogP contribution is 2.16. The molecule has 0 aromatic carbocycles. The summed E-state index contributed by atoms with van der Waals surface area (Å²) in [7, 11) is 0. The van der Waals surface area contributed by atoms with Crippen molar-refractivity contribution < 1.29 is 9.97 Å². The van der Waals surface area contributed by atoms with Crippen molar-refractivity contribution in [2.24, 2.45) is 0 Å². The maximum Gasteiger partial charge on any atom is 0.309 e. The van der Waals surface area contributed by atoms with Crippen LogP contribution in [0.4, 0.5) is 5.00 Å². The molecule has 0 saturated carbocycles. The minimum absolute atomic E-state index is 0.352. The molecule has 0 radical (unpaired) electrons. The molecule has 1 aromatic rings. The Bertz CT molecular complexity index is 270. The fourth-order valence-electron chi connectivity index (χ4n) is 0.493. The van der Waals surface area contributed by atoms with Crippen molar-refractivity contribution >= 4 is 33.2 Å². The fraction of sp³-hybridized carbons (Fsp3) is 0. The quantitative estimate of drug-likeness (QED) is 0.672. The molecule has 0 aliphatic carbocycles.